The second-order valence-corrected chi connectivity index (χ2v) is 5.38. The monoisotopic (exact) mass is 352 g/mol. The maximum Gasteiger partial charge on any atom is 0.168 e. The van der Waals surface area contributed by atoms with Crippen molar-refractivity contribution in [3.63, 3.8) is 0 Å². The maximum atomic E-state index is 12.1. The van der Waals surface area contributed by atoms with Crippen molar-refractivity contribution in [1.29, 1.82) is 0 Å². The van der Waals surface area contributed by atoms with Gasteiger partial charge in [0.1, 0.15) is 0 Å². The quantitative estimate of drug-likeness (QED) is 0.735. The van der Waals surface area contributed by atoms with E-state index in [0.29, 0.717) is 6.42 Å². The Balaban J connectivity index is 2.24. The van der Waals surface area contributed by atoms with Crippen LogP contribution in [0.25, 0.3) is 0 Å². The second kappa shape index (κ2) is 5.61. The maximum absolute atomic E-state index is 12.1. The number of carbonyl (C=O) groups excluding carboxylic acids is 1. The van der Waals surface area contributed by atoms with Gasteiger partial charge in [-0.15, -0.1) is 0 Å². The molecule has 2 aromatic rings. The molecule has 0 bridgehead atoms. The van der Waals surface area contributed by atoms with Gasteiger partial charge in [-0.05, 0) is 17.7 Å². The van der Waals surface area contributed by atoms with Crippen LogP contribution in [0.5, 0.6) is 0 Å². The van der Waals surface area contributed by atoms with Crippen LogP contribution in [-0.4, -0.2) is 5.78 Å². The Kier molecular flexibility index (Phi) is 4.13. The summed E-state index contributed by atoms with van der Waals surface area (Å²) in [7, 11) is 0. The van der Waals surface area contributed by atoms with Gasteiger partial charge in [-0.2, -0.15) is 0 Å². The van der Waals surface area contributed by atoms with Crippen LogP contribution in [0.2, 0.25) is 0 Å². The van der Waals surface area contributed by atoms with Gasteiger partial charge in [-0.25, -0.2) is 0 Å². The Bertz CT molecular complexity index is 549. The molecule has 2 aromatic carbocycles. The zero-order valence-corrected chi connectivity index (χ0v) is 12.2. The molecule has 0 saturated heterocycles. The van der Waals surface area contributed by atoms with Gasteiger partial charge < -0.3 is 0 Å². The molecule has 0 aromatic heterocycles. The van der Waals surface area contributed by atoms with Crippen molar-refractivity contribution in [1.82, 2.24) is 0 Å². The topological polar surface area (TPSA) is 17.1 Å². The summed E-state index contributed by atoms with van der Waals surface area (Å²) in [5, 5.41) is 0. The second-order valence-electron chi connectivity index (χ2n) is 3.67. The van der Waals surface area contributed by atoms with Crippen LogP contribution < -0.4 is 0 Å². The Hall–Kier alpha value is -0.930. The van der Waals surface area contributed by atoms with E-state index in [-0.39, 0.29) is 5.78 Å². The van der Waals surface area contributed by atoms with Crippen molar-refractivity contribution in [2.75, 3.05) is 0 Å². The average Bonchev–Trinajstić information content (AvgIpc) is 2.32. The molecule has 3 heteroatoms. The first-order chi connectivity index (χ1) is 8.18. The molecular weight excluding hydrogens is 344 g/mol. The average molecular weight is 354 g/mol. The molecule has 0 unspecified atom stereocenters. The number of carbonyl (C=O) groups is 1. The van der Waals surface area contributed by atoms with Gasteiger partial charge in [-0.3, -0.25) is 4.79 Å². The molecule has 0 heterocycles. The van der Waals surface area contributed by atoms with Crippen LogP contribution in [0.4, 0.5) is 0 Å². The van der Waals surface area contributed by atoms with Gasteiger partial charge in [-0.1, -0.05) is 68.3 Å². The number of rotatable bonds is 3. The highest BCUT2D eigenvalue weighted by Gasteiger charge is 2.11. The molecule has 1 nitrogen and oxygen atoms in total. The Morgan fingerprint density at radius 2 is 1.47 bits per heavy atom. The Labute approximate surface area is 117 Å². The molecule has 0 radical (unpaired) electrons. The molecule has 0 N–H and O–H groups in total. The van der Waals surface area contributed by atoms with Crippen LogP contribution in [0.1, 0.15) is 15.9 Å². The van der Waals surface area contributed by atoms with E-state index in [2.05, 4.69) is 31.9 Å². The van der Waals surface area contributed by atoms with Crippen LogP contribution in [0.15, 0.2) is 57.5 Å². The number of ketones is 1. The highest BCUT2D eigenvalue weighted by Crippen LogP contribution is 2.21. The molecule has 0 spiro atoms. The zero-order valence-electron chi connectivity index (χ0n) is 8.99. The number of hydrogen-bond acceptors (Lipinski definition) is 1. The lowest BCUT2D eigenvalue weighted by atomic mass is 10.0. The van der Waals surface area contributed by atoms with E-state index >= 15 is 0 Å². The molecule has 2 rings (SSSR count). The lowest BCUT2D eigenvalue weighted by molar-refractivity contribution is 0.0992. The first-order valence-corrected chi connectivity index (χ1v) is 6.78. The van der Waals surface area contributed by atoms with E-state index in [0.717, 1.165) is 20.1 Å². The van der Waals surface area contributed by atoms with E-state index in [1.807, 2.05) is 48.5 Å². The van der Waals surface area contributed by atoms with E-state index in [1.165, 1.54) is 0 Å². The van der Waals surface area contributed by atoms with Gasteiger partial charge >= 0.3 is 0 Å². The van der Waals surface area contributed by atoms with E-state index in [9.17, 15) is 4.79 Å². The lowest BCUT2D eigenvalue weighted by Crippen LogP contribution is -2.04. The minimum Gasteiger partial charge on any atom is -0.294 e. The number of halogens is 2. The van der Waals surface area contributed by atoms with E-state index in [1.54, 1.807) is 0 Å². The molecular formula is C14H10Br2O. The minimum absolute atomic E-state index is 0.115. The molecule has 86 valence electrons. The Morgan fingerprint density at radius 1 is 0.882 bits per heavy atom. The van der Waals surface area contributed by atoms with Gasteiger partial charge in [0.2, 0.25) is 0 Å². The molecule has 0 saturated carbocycles. The molecule has 17 heavy (non-hydrogen) atoms. The van der Waals surface area contributed by atoms with Crippen molar-refractivity contribution in [2.24, 2.45) is 0 Å². The first kappa shape index (κ1) is 12.5. The van der Waals surface area contributed by atoms with Gasteiger partial charge in [0.15, 0.2) is 5.78 Å². The molecule has 0 aliphatic carbocycles. The Morgan fingerprint density at radius 3 is 2.12 bits per heavy atom. The number of Topliss-reactive ketones (excluding diaryl/α,β-unsaturated/α-hetero) is 1. The number of benzene rings is 2. The molecule has 0 aliphatic rings. The summed E-state index contributed by atoms with van der Waals surface area (Å²) in [5.41, 5.74) is 1.73. The molecule has 0 aliphatic heterocycles. The van der Waals surface area contributed by atoms with Crippen molar-refractivity contribution >= 4 is 37.6 Å². The van der Waals surface area contributed by atoms with E-state index < -0.39 is 0 Å². The third-order valence-electron chi connectivity index (χ3n) is 2.48. The van der Waals surface area contributed by atoms with Crippen molar-refractivity contribution in [2.45, 2.75) is 6.42 Å². The summed E-state index contributed by atoms with van der Waals surface area (Å²) in [6, 6.07) is 15.3. The highest BCUT2D eigenvalue weighted by atomic mass is 79.9. The largest absolute Gasteiger partial charge is 0.294 e. The normalized spacial score (nSPS) is 10.2. The minimum atomic E-state index is 0.115. The van der Waals surface area contributed by atoms with Gasteiger partial charge in [0.05, 0.1) is 0 Å². The predicted octanol–water partition coefficient (Wildman–Crippen LogP) is 4.64. The summed E-state index contributed by atoms with van der Waals surface area (Å²) >= 11 is 6.85. The van der Waals surface area contributed by atoms with Crippen molar-refractivity contribution in [3.05, 3.63) is 68.6 Å². The standard InChI is InChI=1S/C14H10Br2O/c15-12-7-3-1-5-10(12)9-14(17)11-6-2-4-8-13(11)16/h1-8H,9H2. The summed E-state index contributed by atoms with van der Waals surface area (Å²) in [6.07, 6.45) is 0.407. The third kappa shape index (κ3) is 3.05. The molecule has 0 fully saturated rings. The third-order valence-corrected chi connectivity index (χ3v) is 3.95. The van der Waals surface area contributed by atoms with Crippen molar-refractivity contribution < 1.29 is 4.79 Å². The fraction of sp³-hybridized carbons (Fsp3) is 0.0714. The molecule has 0 amide bonds. The van der Waals surface area contributed by atoms with Crippen molar-refractivity contribution in [3.8, 4) is 0 Å². The summed E-state index contributed by atoms with van der Waals surface area (Å²) in [5.74, 6) is 0.115. The first-order valence-electron chi connectivity index (χ1n) is 5.19. The summed E-state index contributed by atoms with van der Waals surface area (Å²) < 4.78 is 1.82. The van der Waals surface area contributed by atoms with Gasteiger partial charge in [0, 0.05) is 20.9 Å². The highest BCUT2D eigenvalue weighted by molar-refractivity contribution is 9.10. The predicted molar refractivity (Wildman–Crippen MR) is 76.3 cm³/mol. The van der Waals surface area contributed by atoms with Crippen LogP contribution in [-0.2, 0) is 6.42 Å². The zero-order chi connectivity index (χ0) is 12.3. The SMILES string of the molecule is O=C(Cc1ccccc1Br)c1ccccc1Br. The van der Waals surface area contributed by atoms with Crippen LogP contribution >= 0.6 is 31.9 Å². The lowest BCUT2D eigenvalue weighted by Gasteiger charge is -2.05. The summed E-state index contributed by atoms with van der Waals surface area (Å²) in [4.78, 5) is 12.1. The number of hydrogen-bond donors (Lipinski definition) is 0. The van der Waals surface area contributed by atoms with E-state index in [4.69, 9.17) is 0 Å². The van der Waals surface area contributed by atoms with Crippen LogP contribution in [0, 0.1) is 0 Å². The molecule has 0 atom stereocenters. The van der Waals surface area contributed by atoms with Crippen LogP contribution in [0.3, 0.4) is 0 Å². The fourth-order valence-corrected chi connectivity index (χ4v) is 2.53. The van der Waals surface area contributed by atoms with Gasteiger partial charge in [0.25, 0.3) is 0 Å². The fourth-order valence-electron chi connectivity index (χ4n) is 1.60. The smallest absolute Gasteiger partial charge is 0.168 e. The summed E-state index contributed by atoms with van der Waals surface area (Å²) in [6.45, 7) is 0.